The zero-order valence-electron chi connectivity index (χ0n) is 11.3. The number of carbonyl (C=O) groups excluding carboxylic acids is 2. The van der Waals surface area contributed by atoms with E-state index in [0.717, 1.165) is 29.7 Å². The zero-order chi connectivity index (χ0) is 16.3. The lowest BCUT2D eigenvalue weighted by atomic mass is 10.2. The lowest BCUT2D eigenvalue weighted by molar-refractivity contribution is 0.0847. The number of amides is 2. The highest BCUT2D eigenvalue weighted by Gasteiger charge is 2.20. The molecule has 0 unspecified atom stereocenters. The van der Waals surface area contributed by atoms with Crippen molar-refractivity contribution in [1.82, 2.24) is 10.9 Å². The summed E-state index contributed by atoms with van der Waals surface area (Å²) in [5.74, 6) is -1.88. The summed E-state index contributed by atoms with van der Waals surface area (Å²) in [7, 11) is -3.54. The highest BCUT2D eigenvalue weighted by atomic mass is 32.2. The Balaban J connectivity index is 2.06. The molecule has 0 spiro atoms. The Bertz CT molecular complexity index is 813. The summed E-state index contributed by atoms with van der Waals surface area (Å²) >= 11 is 0.942. The van der Waals surface area contributed by atoms with Gasteiger partial charge in [0, 0.05) is 11.8 Å². The predicted molar refractivity (Wildman–Crippen MR) is 78.8 cm³/mol. The molecule has 22 heavy (non-hydrogen) atoms. The van der Waals surface area contributed by atoms with E-state index in [-0.39, 0.29) is 15.3 Å². The van der Waals surface area contributed by atoms with E-state index in [2.05, 4.69) is 10.9 Å². The van der Waals surface area contributed by atoms with Crippen LogP contribution < -0.4 is 10.9 Å². The quantitative estimate of drug-likeness (QED) is 0.824. The average Bonchev–Trinajstić information content (AvgIpc) is 2.94. The molecule has 0 aliphatic carbocycles. The number of carbonyl (C=O) groups is 2. The number of nitrogens with one attached hydrogen (secondary N) is 2. The van der Waals surface area contributed by atoms with Gasteiger partial charge in [-0.15, -0.1) is 11.3 Å². The third-order valence-corrected chi connectivity index (χ3v) is 4.81. The molecule has 0 fully saturated rings. The Hall–Kier alpha value is -2.26. The molecule has 1 heterocycles. The molecule has 0 atom stereocenters. The van der Waals surface area contributed by atoms with Crippen molar-refractivity contribution in [2.24, 2.45) is 0 Å². The van der Waals surface area contributed by atoms with Gasteiger partial charge >= 0.3 is 0 Å². The molecule has 0 aliphatic heterocycles. The fourth-order valence-corrected chi connectivity index (χ4v) is 3.71. The Labute approximate surface area is 129 Å². The number of hydrogen-bond acceptors (Lipinski definition) is 5. The molecule has 9 heteroatoms. The molecule has 1 aromatic carbocycles. The number of halogens is 1. The maximum absolute atomic E-state index is 12.7. The van der Waals surface area contributed by atoms with Crippen molar-refractivity contribution in [2.75, 3.05) is 6.26 Å². The number of sulfone groups is 1. The normalized spacial score (nSPS) is 11.0. The van der Waals surface area contributed by atoms with Crippen LogP contribution >= 0.6 is 11.3 Å². The summed E-state index contributed by atoms with van der Waals surface area (Å²) in [6, 6.07) is 6.04. The van der Waals surface area contributed by atoms with Gasteiger partial charge in [0.15, 0.2) is 9.84 Å². The first-order chi connectivity index (χ1) is 10.3. The van der Waals surface area contributed by atoms with E-state index in [1.54, 1.807) is 0 Å². The van der Waals surface area contributed by atoms with Gasteiger partial charge in [-0.05, 0) is 35.7 Å². The summed E-state index contributed by atoms with van der Waals surface area (Å²) in [6.07, 6.45) is 0.989. The molecule has 2 aromatic rings. The minimum atomic E-state index is -3.54. The van der Waals surface area contributed by atoms with E-state index in [4.69, 9.17) is 0 Å². The van der Waals surface area contributed by atoms with Crippen LogP contribution in [0.5, 0.6) is 0 Å². The van der Waals surface area contributed by atoms with Crippen LogP contribution in [0.2, 0.25) is 0 Å². The Kier molecular flexibility index (Phi) is 4.57. The van der Waals surface area contributed by atoms with Crippen LogP contribution in [-0.4, -0.2) is 26.5 Å². The number of benzene rings is 1. The molecule has 0 saturated heterocycles. The van der Waals surface area contributed by atoms with Crippen LogP contribution in [0.1, 0.15) is 20.0 Å². The van der Waals surface area contributed by atoms with Gasteiger partial charge in [0.1, 0.15) is 10.7 Å². The summed E-state index contributed by atoms with van der Waals surface area (Å²) in [5.41, 5.74) is 4.41. The highest BCUT2D eigenvalue weighted by molar-refractivity contribution is 7.91. The van der Waals surface area contributed by atoms with Crippen LogP contribution in [0.15, 0.2) is 40.6 Å². The second-order valence-corrected chi connectivity index (χ2v) is 7.20. The van der Waals surface area contributed by atoms with E-state index in [1.165, 1.54) is 23.6 Å². The van der Waals surface area contributed by atoms with Crippen LogP contribution in [-0.2, 0) is 9.84 Å². The standard InChI is InChI=1S/C13H11FN2O4S2/c1-22(19,20)10-6-7-21-11(10)13(18)16-15-12(17)8-2-4-9(14)5-3-8/h2-7H,1H3,(H,15,17)(H,16,18). The molecule has 2 rings (SSSR count). The van der Waals surface area contributed by atoms with Crippen LogP contribution in [0, 0.1) is 5.82 Å². The van der Waals surface area contributed by atoms with Crippen molar-refractivity contribution in [3.63, 3.8) is 0 Å². The molecular formula is C13H11FN2O4S2. The SMILES string of the molecule is CS(=O)(=O)c1ccsc1C(=O)NNC(=O)c1ccc(F)cc1. The van der Waals surface area contributed by atoms with Crippen molar-refractivity contribution in [1.29, 1.82) is 0 Å². The topological polar surface area (TPSA) is 92.3 Å². The molecule has 6 nitrogen and oxygen atoms in total. The lowest BCUT2D eigenvalue weighted by Gasteiger charge is -2.07. The molecule has 0 saturated carbocycles. The number of hydrazine groups is 1. The fraction of sp³-hybridized carbons (Fsp3) is 0.0769. The molecule has 2 amide bonds. The van der Waals surface area contributed by atoms with Gasteiger partial charge in [-0.1, -0.05) is 0 Å². The number of rotatable bonds is 3. The molecule has 1 aromatic heterocycles. The fourth-order valence-electron chi connectivity index (χ4n) is 1.60. The first-order valence-corrected chi connectivity index (χ1v) is 8.70. The average molecular weight is 342 g/mol. The minimum absolute atomic E-state index is 0.0260. The summed E-state index contributed by atoms with van der Waals surface area (Å²) in [4.78, 5) is 23.5. The maximum Gasteiger partial charge on any atom is 0.281 e. The molecule has 2 N–H and O–H groups in total. The smallest absolute Gasteiger partial charge is 0.267 e. The summed E-state index contributed by atoms with van der Waals surface area (Å²) in [5, 5.41) is 1.47. The van der Waals surface area contributed by atoms with Crippen molar-refractivity contribution in [2.45, 2.75) is 4.90 Å². The van der Waals surface area contributed by atoms with Crippen molar-refractivity contribution < 1.29 is 22.4 Å². The van der Waals surface area contributed by atoms with Crippen molar-refractivity contribution in [3.8, 4) is 0 Å². The van der Waals surface area contributed by atoms with Gasteiger partial charge in [0.2, 0.25) is 0 Å². The second-order valence-electron chi connectivity index (χ2n) is 4.30. The monoisotopic (exact) mass is 342 g/mol. The van der Waals surface area contributed by atoms with Crippen molar-refractivity contribution >= 4 is 33.0 Å². The third kappa shape index (κ3) is 3.68. The molecular weight excluding hydrogens is 331 g/mol. The minimum Gasteiger partial charge on any atom is -0.267 e. The molecule has 0 aliphatic rings. The first-order valence-electron chi connectivity index (χ1n) is 5.93. The summed E-state index contributed by atoms with van der Waals surface area (Å²) in [6.45, 7) is 0. The molecule has 0 radical (unpaired) electrons. The number of hydrogen-bond donors (Lipinski definition) is 2. The van der Waals surface area contributed by atoms with E-state index >= 15 is 0 Å². The van der Waals surface area contributed by atoms with Gasteiger partial charge in [-0.25, -0.2) is 12.8 Å². The Morgan fingerprint density at radius 1 is 1.05 bits per heavy atom. The molecule has 0 bridgehead atoms. The second kappa shape index (κ2) is 6.24. The van der Waals surface area contributed by atoms with Crippen molar-refractivity contribution in [3.05, 3.63) is 52.0 Å². The predicted octanol–water partition coefficient (Wildman–Crippen LogP) is 1.37. The van der Waals surface area contributed by atoms with E-state index in [1.807, 2.05) is 0 Å². The van der Waals surface area contributed by atoms with E-state index < -0.39 is 27.5 Å². The van der Waals surface area contributed by atoms with E-state index in [9.17, 15) is 22.4 Å². The largest absolute Gasteiger partial charge is 0.281 e. The summed E-state index contributed by atoms with van der Waals surface area (Å²) < 4.78 is 35.8. The first kappa shape index (κ1) is 16.1. The third-order valence-electron chi connectivity index (χ3n) is 2.63. The molecule has 116 valence electrons. The Morgan fingerprint density at radius 3 is 2.23 bits per heavy atom. The van der Waals surface area contributed by atoms with Gasteiger partial charge in [0.05, 0.1) is 4.90 Å². The highest BCUT2D eigenvalue weighted by Crippen LogP contribution is 2.21. The van der Waals surface area contributed by atoms with Gasteiger partial charge < -0.3 is 0 Å². The number of thiophene rings is 1. The lowest BCUT2D eigenvalue weighted by Crippen LogP contribution is -2.41. The van der Waals surface area contributed by atoms with Crippen LogP contribution in [0.25, 0.3) is 0 Å². The Morgan fingerprint density at radius 2 is 1.64 bits per heavy atom. The maximum atomic E-state index is 12.7. The van der Waals surface area contributed by atoms with Crippen LogP contribution in [0.3, 0.4) is 0 Å². The van der Waals surface area contributed by atoms with Gasteiger partial charge in [-0.2, -0.15) is 0 Å². The van der Waals surface area contributed by atoms with E-state index in [0.29, 0.717) is 0 Å². The zero-order valence-corrected chi connectivity index (χ0v) is 12.9. The van der Waals surface area contributed by atoms with Gasteiger partial charge in [-0.3, -0.25) is 20.4 Å². The van der Waals surface area contributed by atoms with Crippen LogP contribution in [0.4, 0.5) is 4.39 Å². The van der Waals surface area contributed by atoms with Gasteiger partial charge in [0.25, 0.3) is 11.8 Å².